The molecule has 3 rings (SSSR count). The number of hydrogen-bond donors (Lipinski definition) is 1. The van der Waals surface area contributed by atoms with Gasteiger partial charge in [-0.2, -0.15) is 5.10 Å². The number of amides is 2. The van der Waals surface area contributed by atoms with Crippen LogP contribution in [-0.4, -0.2) is 56.1 Å². The molecule has 1 aliphatic heterocycles. The molecule has 8 nitrogen and oxygen atoms in total. The minimum atomic E-state index is -0.380. The van der Waals surface area contributed by atoms with Crippen molar-refractivity contribution in [2.45, 2.75) is 46.6 Å². The number of hydrogen-bond acceptors (Lipinski definition) is 5. The van der Waals surface area contributed by atoms with E-state index in [9.17, 15) is 9.59 Å². The van der Waals surface area contributed by atoms with Crippen LogP contribution in [0.2, 0.25) is 0 Å². The number of likely N-dealkylation sites (tertiary alicyclic amines) is 1. The summed E-state index contributed by atoms with van der Waals surface area (Å²) in [7, 11) is 0. The molecular weight excluding hydrogens is 332 g/mol. The molecule has 2 amide bonds. The van der Waals surface area contributed by atoms with Crippen molar-refractivity contribution in [2.24, 2.45) is 5.41 Å². The van der Waals surface area contributed by atoms with Crippen molar-refractivity contribution < 1.29 is 9.59 Å². The molecule has 140 valence electrons. The fraction of sp³-hybridized carbons (Fsp3) is 0.611. The Balaban J connectivity index is 1.82. The van der Waals surface area contributed by atoms with Gasteiger partial charge in [0.2, 0.25) is 11.8 Å². The van der Waals surface area contributed by atoms with Gasteiger partial charge in [0.05, 0.1) is 12.2 Å². The second kappa shape index (κ2) is 7.01. The van der Waals surface area contributed by atoms with Crippen molar-refractivity contribution in [1.82, 2.24) is 30.0 Å². The largest absolute Gasteiger partial charge is 0.354 e. The first-order valence-corrected chi connectivity index (χ1v) is 8.98. The van der Waals surface area contributed by atoms with Gasteiger partial charge in [-0.05, 0) is 6.42 Å². The van der Waals surface area contributed by atoms with E-state index in [0.717, 1.165) is 24.2 Å². The molecule has 0 spiro atoms. The minimum Gasteiger partial charge on any atom is -0.354 e. The Hall–Kier alpha value is -2.51. The van der Waals surface area contributed by atoms with E-state index in [1.807, 2.05) is 25.7 Å². The second-order valence-electron chi connectivity index (χ2n) is 7.81. The van der Waals surface area contributed by atoms with Gasteiger partial charge in [0.15, 0.2) is 5.65 Å². The minimum absolute atomic E-state index is 0.0695. The maximum absolute atomic E-state index is 12.5. The normalized spacial score (nSPS) is 17.7. The van der Waals surface area contributed by atoms with E-state index in [0.29, 0.717) is 25.3 Å². The molecule has 0 aliphatic carbocycles. The maximum Gasteiger partial charge on any atom is 0.227 e. The zero-order valence-electron chi connectivity index (χ0n) is 15.8. The van der Waals surface area contributed by atoms with Gasteiger partial charge in [-0.1, -0.05) is 20.8 Å². The zero-order chi connectivity index (χ0) is 18.9. The van der Waals surface area contributed by atoms with Crippen molar-refractivity contribution in [2.75, 3.05) is 19.6 Å². The molecule has 3 heterocycles. The molecule has 2 aromatic heterocycles. The molecule has 1 fully saturated rings. The van der Waals surface area contributed by atoms with Gasteiger partial charge in [-0.25, -0.2) is 14.6 Å². The standard InChI is InChI=1S/C18H26N6O2/c1-12(25)19-8-10-24-16-15(20-6-7-21-16)14(22-24)13-5-9-23(11-13)17(26)18(2,3)4/h6-7,13H,5,8-11H2,1-4H3,(H,19,25)/t13-/m1/s1. The Morgan fingerprint density at radius 3 is 2.69 bits per heavy atom. The summed E-state index contributed by atoms with van der Waals surface area (Å²) >= 11 is 0. The predicted octanol–water partition coefficient (Wildman–Crippen LogP) is 1.32. The first-order chi connectivity index (χ1) is 12.3. The van der Waals surface area contributed by atoms with Crippen LogP contribution in [0, 0.1) is 5.41 Å². The van der Waals surface area contributed by atoms with Crippen LogP contribution in [0.25, 0.3) is 11.2 Å². The molecule has 0 radical (unpaired) electrons. The Morgan fingerprint density at radius 1 is 1.27 bits per heavy atom. The van der Waals surface area contributed by atoms with Crippen LogP contribution in [-0.2, 0) is 16.1 Å². The lowest BCUT2D eigenvalue weighted by Crippen LogP contribution is -2.37. The smallest absolute Gasteiger partial charge is 0.227 e. The van der Waals surface area contributed by atoms with Gasteiger partial charge in [-0.15, -0.1) is 0 Å². The molecule has 0 unspecified atom stereocenters. The average Bonchev–Trinajstić information content (AvgIpc) is 3.18. The molecule has 26 heavy (non-hydrogen) atoms. The first kappa shape index (κ1) is 18.3. The van der Waals surface area contributed by atoms with Crippen LogP contribution in [0.3, 0.4) is 0 Å². The van der Waals surface area contributed by atoms with E-state index in [-0.39, 0.29) is 23.1 Å². The Kier molecular flexibility index (Phi) is 4.93. The van der Waals surface area contributed by atoms with Gasteiger partial charge in [0.25, 0.3) is 0 Å². The van der Waals surface area contributed by atoms with E-state index in [4.69, 9.17) is 5.10 Å². The molecule has 1 aliphatic rings. The monoisotopic (exact) mass is 358 g/mol. The highest BCUT2D eigenvalue weighted by Crippen LogP contribution is 2.32. The van der Waals surface area contributed by atoms with Gasteiger partial charge in [0.1, 0.15) is 5.52 Å². The number of fused-ring (bicyclic) bond motifs is 1. The second-order valence-corrected chi connectivity index (χ2v) is 7.81. The number of nitrogens with zero attached hydrogens (tertiary/aromatic N) is 5. The van der Waals surface area contributed by atoms with E-state index < -0.39 is 0 Å². The first-order valence-electron chi connectivity index (χ1n) is 8.98. The third kappa shape index (κ3) is 3.68. The zero-order valence-corrected chi connectivity index (χ0v) is 15.8. The number of carbonyl (C=O) groups is 2. The third-order valence-electron chi connectivity index (χ3n) is 4.60. The van der Waals surface area contributed by atoms with E-state index in [1.54, 1.807) is 17.1 Å². The highest BCUT2D eigenvalue weighted by molar-refractivity contribution is 5.82. The van der Waals surface area contributed by atoms with Crippen LogP contribution >= 0.6 is 0 Å². The lowest BCUT2D eigenvalue weighted by Gasteiger charge is -2.25. The molecule has 1 atom stereocenters. The topological polar surface area (TPSA) is 93.0 Å². The van der Waals surface area contributed by atoms with E-state index in [2.05, 4.69) is 15.3 Å². The average molecular weight is 358 g/mol. The van der Waals surface area contributed by atoms with Crippen molar-refractivity contribution in [3.05, 3.63) is 18.1 Å². The maximum atomic E-state index is 12.5. The lowest BCUT2D eigenvalue weighted by molar-refractivity contribution is -0.138. The Bertz CT molecular complexity index is 823. The summed E-state index contributed by atoms with van der Waals surface area (Å²) in [5.41, 5.74) is 2.01. The number of carbonyl (C=O) groups excluding carboxylic acids is 2. The van der Waals surface area contributed by atoms with Crippen LogP contribution in [0.15, 0.2) is 12.4 Å². The van der Waals surface area contributed by atoms with Crippen molar-refractivity contribution in [1.29, 1.82) is 0 Å². The fourth-order valence-electron chi connectivity index (χ4n) is 3.34. The van der Waals surface area contributed by atoms with Crippen molar-refractivity contribution in [3.63, 3.8) is 0 Å². The highest BCUT2D eigenvalue weighted by atomic mass is 16.2. The molecule has 0 saturated carbocycles. The summed E-state index contributed by atoms with van der Waals surface area (Å²) < 4.78 is 1.79. The molecule has 0 bridgehead atoms. The van der Waals surface area contributed by atoms with E-state index >= 15 is 0 Å². The lowest BCUT2D eigenvalue weighted by atomic mass is 9.95. The van der Waals surface area contributed by atoms with Crippen LogP contribution in [0.5, 0.6) is 0 Å². The fourth-order valence-corrected chi connectivity index (χ4v) is 3.34. The van der Waals surface area contributed by atoms with Crippen molar-refractivity contribution >= 4 is 23.0 Å². The number of rotatable bonds is 4. The molecule has 1 saturated heterocycles. The summed E-state index contributed by atoms with van der Waals surface area (Å²) in [5.74, 6) is 0.253. The molecule has 8 heteroatoms. The molecular formula is C18H26N6O2. The van der Waals surface area contributed by atoms with Gasteiger partial charge in [-0.3, -0.25) is 9.59 Å². The van der Waals surface area contributed by atoms with Crippen molar-refractivity contribution in [3.8, 4) is 0 Å². The summed E-state index contributed by atoms with van der Waals surface area (Å²) in [6.07, 6.45) is 4.18. The van der Waals surface area contributed by atoms with Gasteiger partial charge in [0, 0.05) is 50.3 Å². The van der Waals surface area contributed by atoms with Gasteiger partial charge < -0.3 is 10.2 Å². The third-order valence-corrected chi connectivity index (χ3v) is 4.60. The van der Waals surface area contributed by atoms with Crippen LogP contribution in [0.4, 0.5) is 0 Å². The molecule has 2 aromatic rings. The SMILES string of the molecule is CC(=O)NCCn1nc([C@@H]2CCN(C(=O)C(C)(C)C)C2)c2nccnc21. The van der Waals surface area contributed by atoms with E-state index in [1.165, 1.54) is 6.92 Å². The van der Waals surface area contributed by atoms with Crippen LogP contribution < -0.4 is 5.32 Å². The summed E-state index contributed by atoms with van der Waals surface area (Å²) in [6.45, 7) is 9.74. The van der Waals surface area contributed by atoms with Gasteiger partial charge >= 0.3 is 0 Å². The molecule has 0 aromatic carbocycles. The van der Waals surface area contributed by atoms with Crippen LogP contribution in [0.1, 0.15) is 45.7 Å². The predicted molar refractivity (Wildman–Crippen MR) is 97.4 cm³/mol. The molecule has 1 N–H and O–H groups in total. The Labute approximate surface area is 153 Å². The summed E-state index contributed by atoms with van der Waals surface area (Å²) in [4.78, 5) is 34.4. The highest BCUT2D eigenvalue weighted by Gasteiger charge is 2.35. The number of aromatic nitrogens is 4. The Morgan fingerprint density at radius 2 is 2.00 bits per heavy atom. The number of nitrogens with one attached hydrogen (secondary N) is 1. The summed E-state index contributed by atoms with van der Waals surface area (Å²) in [5, 5.41) is 7.50. The summed E-state index contributed by atoms with van der Waals surface area (Å²) in [6, 6.07) is 0. The quantitative estimate of drug-likeness (QED) is 0.890.